The van der Waals surface area contributed by atoms with Crippen molar-refractivity contribution in [3.05, 3.63) is 82.6 Å². The topological polar surface area (TPSA) is 89.0 Å². The number of carbonyl (C=O) groups is 1. The van der Waals surface area contributed by atoms with Gasteiger partial charge in [0.05, 0.1) is 22.7 Å². The Balaban J connectivity index is 1.89. The van der Waals surface area contributed by atoms with Crippen molar-refractivity contribution in [3.63, 3.8) is 0 Å². The molecule has 0 fully saturated rings. The molecule has 144 valence electrons. The van der Waals surface area contributed by atoms with E-state index in [0.29, 0.717) is 5.56 Å². The summed E-state index contributed by atoms with van der Waals surface area (Å²) < 4.78 is 51.7. The summed E-state index contributed by atoms with van der Waals surface area (Å²) in [6.45, 7) is 0. The lowest BCUT2D eigenvalue weighted by atomic mass is 10.2. The highest BCUT2D eigenvalue weighted by Crippen LogP contribution is 2.20. The molecule has 0 unspecified atom stereocenters. The Kier molecular flexibility index (Phi) is 5.66. The van der Waals surface area contributed by atoms with Crippen LogP contribution in [-0.4, -0.2) is 24.3 Å². The summed E-state index contributed by atoms with van der Waals surface area (Å²) in [6, 6.07) is 10.3. The van der Waals surface area contributed by atoms with Crippen LogP contribution in [0.2, 0.25) is 5.02 Å². The maximum absolute atomic E-state index is 13.7. The Morgan fingerprint density at radius 3 is 2.43 bits per heavy atom. The van der Waals surface area contributed by atoms with Crippen LogP contribution in [0.1, 0.15) is 16.1 Å². The van der Waals surface area contributed by atoms with E-state index in [1.54, 1.807) is 0 Å². The molecule has 0 radical (unpaired) electrons. The van der Waals surface area contributed by atoms with E-state index in [-0.39, 0.29) is 10.7 Å². The Morgan fingerprint density at radius 1 is 1.07 bits per heavy atom. The van der Waals surface area contributed by atoms with E-state index >= 15 is 0 Å². The third kappa shape index (κ3) is 4.49. The molecular formula is C18H12ClF2N3O3S. The van der Waals surface area contributed by atoms with Crippen molar-refractivity contribution < 1.29 is 22.0 Å². The van der Waals surface area contributed by atoms with E-state index in [1.807, 2.05) is 0 Å². The summed E-state index contributed by atoms with van der Waals surface area (Å²) in [5.74, 6) is -2.57. The molecule has 0 saturated heterocycles. The molecule has 3 aromatic rings. The van der Waals surface area contributed by atoms with Gasteiger partial charge in [0.25, 0.3) is 5.91 Å². The average Bonchev–Trinajstić information content (AvgIpc) is 2.65. The number of nitrogens with one attached hydrogen (secondary N) is 1. The Hall–Kier alpha value is -2.91. The zero-order chi connectivity index (χ0) is 20.3. The third-order valence-corrected chi connectivity index (χ3v) is 5.35. The predicted octanol–water partition coefficient (Wildman–Crippen LogP) is 3.63. The van der Waals surface area contributed by atoms with Crippen LogP contribution in [0.3, 0.4) is 0 Å². The van der Waals surface area contributed by atoms with Crippen molar-refractivity contribution in [1.82, 2.24) is 9.97 Å². The summed E-state index contributed by atoms with van der Waals surface area (Å²) in [5, 5.41) is 1.45. The summed E-state index contributed by atoms with van der Waals surface area (Å²) in [4.78, 5) is 19.8. The van der Waals surface area contributed by atoms with Gasteiger partial charge < -0.3 is 5.32 Å². The van der Waals surface area contributed by atoms with Crippen molar-refractivity contribution in [3.8, 4) is 0 Å². The van der Waals surface area contributed by atoms with Crippen molar-refractivity contribution in [2.45, 2.75) is 10.9 Å². The average molecular weight is 424 g/mol. The first kappa shape index (κ1) is 19.8. The molecule has 0 aliphatic rings. The zero-order valence-corrected chi connectivity index (χ0v) is 15.6. The van der Waals surface area contributed by atoms with Gasteiger partial charge in [0.1, 0.15) is 11.6 Å². The van der Waals surface area contributed by atoms with Crippen LogP contribution in [-0.2, 0) is 15.6 Å². The molecule has 10 heteroatoms. The summed E-state index contributed by atoms with van der Waals surface area (Å²) >= 11 is 5.91. The number of hydrogen-bond acceptors (Lipinski definition) is 5. The minimum Gasteiger partial charge on any atom is -0.318 e. The number of aromatic nitrogens is 2. The number of amides is 1. The highest BCUT2D eigenvalue weighted by Gasteiger charge is 2.23. The lowest BCUT2D eigenvalue weighted by molar-refractivity contribution is 0.102. The second-order valence-electron chi connectivity index (χ2n) is 5.67. The lowest BCUT2D eigenvalue weighted by Gasteiger charge is -2.09. The molecule has 2 aromatic carbocycles. The fourth-order valence-corrected chi connectivity index (χ4v) is 3.65. The van der Waals surface area contributed by atoms with Gasteiger partial charge in [-0.25, -0.2) is 27.2 Å². The van der Waals surface area contributed by atoms with Crippen LogP contribution >= 0.6 is 11.6 Å². The molecule has 1 heterocycles. The molecule has 0 aliphatic heterocycles. The van der Waals surface area contributed by atoms with Gasteiger partial charge in [0.15, 0.2) is 5.69 Å². The molecule has 0 spiro atoms. The fraction of sp³-hybridized carbons (Fsp3) is 0.0556. The monoisotopic (exact) mass is 423 g/mol. The van der Waals surface area contributed by atoms with Gasteiger partial charge in [-0.15, -0.1) is 0 Å². The second kappa shape index (κ2) is 7.99. The number of anilines is 1. The van der Waals surface area contributed by atoms with Crippen LogP contribution < -0.4 is 5.32 Å². The van der Waals surface area contributed by atoms with Gasteiger partial charge in [-0.2, -0.15) is 0 Å². The highest BCUT2D eigenvalue weighted by molar-refractivity contribution is 7.90. The van der Waals surface area contributed by atoms with Crippen molar-refractivity contribution in [2.24, 2.45) is 0 Å². The minimum atomic E-state index is -4.04. The summed E-state index contributed by atoms with van der Waals surface area (Å²) in [6.07, 6.45) is 0.975. The standard InChI is InChI=1S/C18H12ClF2N3O3S/c19-13-9-22-18(28(26,27)10-11-5-7-12(20)8-6-11)24-16(13)17(25)23-15-4-2-1-3-14(15)21/h1-9H,10H2,(H,23,25). The van der Waals surface area contributed by atoms with Gasteiger partial charge in [-0.3, -0.25) is 4.79 Å². The van der Waals surface area contributed by atoms with Gasteiger partial charge >= 0.3 is 0 Å². The summed E-state index contributed by atoms with van der Waals surface area (Å²) in [5.41, 5.74) is -0.215. The first-order valence-electron chi connectivity index (χ1n) is 7.82. The highest BCUT2D eigenvalue weighted by atomic mass is 35.5. The number of nitrogens with zero attached hydrogens (tertiary/aromatic N) is 2. The van der Waals surface area contributed by atoms with Gasteiger partial charge in [0, 0.05) is 0 Å². The number of rotatable bonds is 5. The van der Waals surface area contributed by atoms with Crippen LogP contribution in [0.25, 0.3) is 0 Å². The van der Waals surface area contributed by atoms with Gasteiger partial charge in [-0.05, 0) is 29.8 Å². The van der Waals surface area contributed by atoms with E-state index < -0.39 is 44.0 Å². The fourth-order valence-electron chi connectivity index (χ4n) is 2.27. The smallest absolute Gasteiger partial charge is 0.276 e. The second-order valence-corrected chi connectivity index (χ2v) is 7.96. The number of halogens is 3. The van der Waals surface area contributed by atoms with E-state index in [1.165, 1.54) is 30.3 Å². The molecule has 0 bridgehead atoms. The zero-order valence-electron chi connectivity index (χ0n) is 14.1. The first-order chi connectivity index (χ1) is 13.3. The van der Waals surface area contributed by atoms with Crippen molar-refractivity contribution in [1.29, 1.82) is 0 Å². The van der Waals surface area contributed by atoms with Crippen molar-refractivity contribution in [2.75, 3.05) is 5.32 Å². The number of benzene rings is 2. The Bertz CT molecular complexity index is 1140. The molecule has 6 nitrogen and oxygen atoms in total. The molecule has 1 amide bonds. The minimum absolute atomic E-state index is 0.113. The van der Waals surface area contributed by atoms with E-state index in [9.17, 15) is 22.0 Å². The molecule has 0 saturated carbocycles. The van der Waals surface area contributed by atoms with Crippen LogP contribution in [0, 0.1) is 11.6 Å². The quantitative estimate of drug-likeness (QED) is 0.633. The van der Waals surface area contributed by atoms with Crippen LogP contribution in [0.4, 0.5) is 14.5 Å². The van der Waals surface area contributed by atoms with Crippen molar-refractivity contribution >= 4 is 33.0 Å². The third-order valence-electron chi connectivity index (χ3n) is 3.61. The van der Waals surface area contributed by atoms with E-state index in [0.717, 1.165) is 24.4 Å². The number of hydrogen-bond donors (Lipinski definition) is 1. The molecule has 0 aliphatic carbocycles. The Labute approximate surface area is 164 Å². The first-order valence-corrected chi connectivity index (χ1v) is 9.85. The Morgan fingerprint density at radius 2 is 1.75 bits per heavy atom. The molecule has 1 aromatic heterocycles. The molecule has 3 rings (SSSR count). The molecular weight excluding hydrogens is 412 g/mol. The largest absolute Gasteiger partial charge is 0.318 e. The number of carbonyl (C=O) groups excluding carboxylic acids is 1. The SMILES string of the molecule is O=C(Nc1ccccc1F)c1nc(S(=O)(=O)Cc2ccc(F)cc2)ncc1Cl. The van der Waals surface area contributed by atoms with E-state index in [2.05, 4.69) is 15.3 Å². The predicted molar refractivity (Wildman–Crippen MR) is 98.7 cm³/mol. The van der Waals surface area contributed by atoms with Gasteiger partial charge in [-0.1, -0.05) is 35.9 Å². The van der Waals surface area contributed by atoms with E-state index in [4.69, 9.17) is 11.6 Å². The maximum atomic E-state index is 13.7. The summed E-state index contributed by atoms with van der Waals surface area (Å²) in [7, 11) is -4.04. The maximum Gasteiger partial charge on any atom is 0.276 e. The lowest BCUT2D eigenvalue weighted by Crippen LogP contribution is -2.18. The molecule has 28 heavy (non-hydrogen) atoms. The van der Waals surface area contributed by atoms with Crippen LogP contribution in [0.15, 0.2) is 59.9 Å². The molecule has 1 N–H and O–H groups in total. The normalized spacial score (nSPS) is 11.2. The van der Waals surface area contributed by atoms with Crippen LogP contribution in [0.5, 0.6) is 0 Å². The molecule has 0 atom stereocenters. The number of sulfone groups is 1. The van der Waals surface area contributed by atoms with Gasteiger partial charge in [0.2, 0.25) is 15.0 Å². The number of para-hydroxylation sites is 1.